The van der Waals surface area contributed by atoms with E-state index in [4.69, 9.17) is 16.3 Å². The van der Waals surface area contributed by atoms with Crippen molar-refractivity contribution in [2.75, 3.05) is 31.6 Å². The van der Waals surface area contributed by atoms with E-state index < -0.39 is 5.82 Å². The fourth-order valence-corrected chi connectivity index (χ4v) is 2.57. The molecule has 1 aliphatic rings. The molecule has 8 heteroatoms. The second-order valence-electron chi connectivity index (χ2n) is 5.34. The van der Waals surface area contributed by atoms with E-state index in [1.165, 1.54) is 12.1 Å². The molecule has 1 N–H and O–H groups in total. The van der Waals surface area contributed by atoms with Crippen molar-refractivity contribution in [2.24, 2.45) is 0 Å². The summed E-state index contributed by atoms with van der Waals surface area (Å²) in [4.78, 5) is 22.7. The third kappa shape index (κ3) is 3.80. The smallest absolute Gasteiger partial charge is 0.272 e. The van der Waals surface area contributed by atoms with Gasteiger partial charge in [-0.1, -0.05) is 11.6 Å². The van der Waals surface area contributed by atoms with Gasteiger partial charge < -0.3 is 15.0 Å². The van der Waals surface area contributed by atoms with Gasteiger partial charge in [0.15, 0.2) is 0 Å². The average Bonchev–Trinajstić information content (AvgIpc) is 2.58. The fraction of sp³-hybridized carbons (Fsp3) is 0.312. The van der Waals surface area contributed by atoms with Gasteiger partial charge >= 0.3 is 0 Å². The number of ether oxygens (including phenoxy) is 1. The zero-order valence-corrected chi connectivity index (χ0v) is 13.8. The van der Waals surface area contributed by atoms with Crippen LogP contribution < -0.4 is 5.32 Å². The van der Waals surface area contributed by atoms with Crippen LogP contribution in [0, 0.1) is 12.7 Å². The number of amides is 1. The summed E-state index contributed by atoms with van der Waals surface area (Å²) in [5.41, 5.74) is 0.879. The highest BCUT2D eigenvalue weighted by Gasteiger charge is 2.20. The summed E-state index contributed by atoms with van der Waals surface area (Å²) in [5, 5.41) is 3.02. The van der Waals surface area contributed by atoms with Gasteiger partial charge in [0.2, 0.25) is 0 Å². The van der Waals surface area contributed by atoms with E-state index in [9.17, 15) is 9.18 Å². The van der Waals surface area contributed by atoms with Gasteiger partial charge in [0, 0.05) is 24.8 Å². The second-order valence-corrected chi connectivity index (χ2v) is 5.75. The number of aromatic nitrogens is 2. The Morgan fingerprint density at radius 3 is 2.75 bits per heavy atom. The Morgan fingerprint density at radius 2 is 2.04 bits per heavy atom. The molecule has 1 aromatic heterocycles. The van der Waals surface area contributed by atoms with E-state index in [-0.39, 0.29) is 10.9 Å². The highest BCUT2D eigenvalue weighted by atomic mass is 35.5. The van der Waals surface area contributed by atoms with Crippen molar-refractivity contribution in [2.45, 2.75) is 6.92 Å². The number of nitrogens with one attached hydrogen (secondary N) is 1. The molecule has 1 aliphatic heterocycles. The molecule has 0 aliphatic carbocycles. The average molecular weight is 351 g/mol. The van der Waals surface area contributed by atoms with E-state index in [1.54, 1.807) is 24.0 Å². The van der Waals surface area contributed by atoms with Crippen LogP contribution in [-0.4, -0.2) is 47.1 Å². The van der Waals surface area contributed by atoms with Crippen LogP contribution in [-0.2, 0) is 4.74 Å². The zero-order chi connectivity index (χ0) is 17.1. The first kappa shape index (κ1) is 16.6. The number of morpholine rings is 1. The summed E-state index contributed by atoms with van der Waals surface area (Å²) in [7, 11) is 0. The Morgan fingerprint density at radius 1 is 1.29 bits per heavy atom. The molecule has 0 spiro atoms. The minimum atomic E-state index is -0.496. The number of hydrogen-bond acceptors (Lipinski definition) is 5. The van der Waals surface area contributed by atoms with E-state index >= 15 is 0 Å². The summed E-state index contributed by atoms with van der Waals surface area (Å²) < 4.78 is 18.5. The molecule has 2 aromatic rings. The molecular formula is C16H16ClFN4O2. The first-order valence-corrected chi connectivity index (χ1v) is 7.85. The van der Waals surface area contributed by atoms with Crippen LogP contribution in [0.25, 0.3) is 0 Å². The molecule has 1 aromatic carbocycles. The van der Waals surface area contributed by atoms with E-state index in [0.29, 0.717) is 49.3 Å². The molecule has 0 saturated carbocycles. The van der Waals surface area contributed by atoms with Gasteiger partial charge in [-0.15, -0.1) is 0 Å². The SMILES string of the molecule is Cc1nc(Nc2ccc(F)c(Cl)c2)cc(C(=O)N2CCOCC2)n1. The number of halogens is 2. The Balaban J connectivity index is 1.82. The van der Waals surface area contributed by atoms with Crippen LogP contribution in [0.15, 0.2) is 24.3 Å². The summed E-state index contributed by atoms with van der Waals surface area (Å²) in [5.74, 6) is 0.250. The Bertz CT molecular complexity index is 766. The molecule has 0 atom stereocenters. The number of carbonyl (C=O) groups is 1. The van der Waals surface area contributed by atoms with Gasteiger partial charge in [-0.3, -0.25) is 4.79 Å². The van der Waals surface area contributed by atoms with Crippen LogP contribution >= 0.6 is 11.6 Å². The number of benzene rings is 1. The fourth-order valence-electron chi connectivity index (χ4n) is 2.39. The number of aryl methyl sites for hydroxylation is 1. The lowest BCUT2D eigenvalue weighted by molar-refractivity contribution is 0.0299. The number of carbonyl (C=O) groups excluding carboxylic acids is 1. The predicted octanol–water partition coefficient (Wildman–Crippen LogP) is 2.79. The van der Waals surface area contributed by atoms with Gasteiger partial charge in [0.1, 0.15) is 23.2 Å². The molecule has 0 radical (unpaired) electrons. The maximum Gasteiger partial charge on any atom is 0.272 e. The quantitative estimate of drug-likeness (QED) is 0.922. The normalized spacial score (nSPS) is 14.5. The Kier molecular flexibility index (Phi) is 4.92. The number of anilines is 2. The molecule has 1 saturated heterocycles. The molecule has 0 unspecified atom stereocenters. The van der Waals surface area contributed by atoms with Gasteiger partial charge in [0.25, 0.3) is 5.91 Å². The van der Waals surface area contributed by atoms with Crippen molar-refractivity contribution in [1.82, 2.24) is 14.9 Å². The molecule has 1 amide bonds. The maximum atomic E-state index is 13.2. The van der Waals surface area contributed by atoms with Gasteiger partial charge in [-0.2, -0.15) is 0 Å². The van der Waals surface area contributed by atoms with Crippen LogP contribution in [0.2, 0.25) is 5.02 Å². The Hall–Kier alpha value is -2.25. The van der Waals surface area contributed by atoms with Gasteiger partial charge in [0.05, 0.1) is 18.2 Å². The van der Waals surface area contributed by atoms with Crippen molar-refractivity contribution < 1.29 is 13.9 Å². The number of rotatable bonds is 3. The number of hydrogen-bond donors (Lipinski definition) is 1. The summed E-state index contributed by atoms with van der Waals surface area (Å²) in [6, 6.07) is 5.83. The summed E-state index contributed by atoms with van der Waals surface area (Å²) in [6.45, 7) is 3.83. The highest BCUT2D eigenvalue weighted by molar-refractivity contribution is 6.31. The maximum absolute atomic E-state index is 13.2. The van der Waals surface area contributed by atoms with E-state index in [1.807, 2.05) is 0 Å². The van der Waals surface area contributed by atoms with E-state index in [2.05, 4.69) is 15.3 Å². The molecule has 0 bridgehead atoms. The van der Waals surface area contributed by atoms with Crippen molar-refractivity contribution in [3.63, 3.8) is 0 Å². The van der Waals surface area contributed by atoms with Crippen molar-refractivity contribution >= 4 is 29.0 Å². The molecular weight excluding hydrogens is 335 g/mol. The first-order chi connectivity index (χ1) is 11.5. The summed E-state index contributed by atoms with van der Waals surface area (Å²) >= 11 is 5.77. The standard InChI is InChI=1S/C16H16ClFN4O2/c1-10-19-14(16(23)22-4-6-24-7-5-22)9-15(20-10)21-11-2-3-13(18)12(17)8-11/h2-3,8-9H,4-7H2,1H3,(H,19,20,21). The zero-order valence-electron chi connectivity index (χ0n) is 13.1. The number of nitrogens with zero attached hydrogens (tertiary/aromatic N) is 3. The minimum Gasteiger partial charge on any atom is -0.378 e. The van der Waals surface area contributed by atoms with Crippen LogP contribution in [0.5, 0.6) is 0 Å². The van der Waals surface area contributed by atoms with Crippen molar-refractivity contribution in [1.29, 1.82) is 0 Å². The van der Waals surface area contributed by atoms with Gasteiger partial charge in [-0.25, -0.2) is 14.4 Å². The predicted molar refractivity (Wildman–Crippen MR) is 88.2 cm³/mol. The lowest BCUT2D eigenvalue weighted by Crippen LogP contribution is -2.41. The van der Waals surface area contributed by atoms with Crippen LogP contribution in [0.1, 0.15) is 16.3 Å². The molecule has 6 nitrogen and oxygen atoms in total. The van der Waals surface area contributed by atoms with E-state index in [0.717, 1.165) is 0 Å². The summed E-state index contributed by atoms with van der Waals surface area (Å²) in [6.07, 6.45) is 0. The topological polar surface area (TPSA) is 67.4 Å². The van der Waals surface area contributed by atoms with Crippen molar-refractivity contribution in [3.05, 3.63) is 46.6 Å². The van der Waals surface area contributed by atoms with Crippen molar-refractivity contribution in [3.8, 4) is 0 Å². The lowest BCUT2D eigenvalue weighted by atomic mass is 10.2. The largest absolute Gasteiger partial charge is 0.378 e. The molecule has 2 heterocycles. The van der Waals surface area contributed by atoms with Crippen LogP contribution in [0.4, 0.5) is 15.9 Å². The molecule has 126 valence electrons. The lowest BCUT2D eigenvalue weighted by Gasteiger charge is -2.26. The molecule has 1 fully saturated rings. The molecule has 24 heavy (non-hydrogen) atoms. The van der Waals surface area contributed by atoms with Crippen LogP contribution in [0.3, 0.4) is 0 Å². The highest BCUT2D eigenvalue weighted by Crippen LogP contribution is 2.22. The Labute approximate surface area is 143 Å². The second kappa shape index (κ2) is 7.11. The first-order valence-electron chi connectivity index (χ1n) is 7.48. The third-order valence-electron chi connectivity index (χ3n) is 3.55. The van der Waals surface area contributed by atoms with Gasteiger partial charge in [-0.05, 0) is 25.1 Å². The molecule has 3 rings (SSSR count). The third-order valence-corrected chi connectivity index (χ3v) is 3.84. The monoisotopic (exact) mass is 350 g/mol. The minimum absolute atomic E-state index is 0.00962.